The van der Waals surface area contributed by atoms with Crippen molar-refractivity contribution in [3.05, 3.63) is 185 Å². The summed E-state index contributed by atoms with van der Waals surface area (Å²) in [6.45, 7) is 0. The van der Waals surface area contributed by atoms with E-state index in [-0.39, 0.29) is 0 Å². The highest BCUT2D eigenvalue weighted by molar-refractivity contribution is 6.96. The minimum absolute atomic E-state index is 1.75. The Bertz CT molecular complexity index is 2560. The molecule has 0 saturated heterocycles. The van der Waals surface area contributed by atoms with Gasteiger partial charge in [-0.15, -0.1) is 5.53 Å². The minimum atomic E-state index is -5.96. The Hall–Kier alpha value is -6.41. The predicted molar refractivity (Wildman–Crippen MR) is 176 cm³/mol. The monoisotopic (exact) mass is 1100 g/mol. The van der Waals surface area contributed by atoms with Gasteiger partial charge >= 0.3 is 28.3 Å². The summed E-state index contributed by atoms with van der Waals surface area (Å²) in [4.78, 5) is 1.75. The molecule has 0 aliphatic carbocycles. The summed E-state index contributed by atoms with van der Waals surface area (Å²) in [5.41, 5.74) is 12.2. The van der Waals surface area contributed by atoms with Gasteiger partial charge in [0.15, 0.2) is 175 Å². The molecule has 0 heterocycles. The Morgan fingerprint density at radius 2 is 0.239 bits per heavy atom. The van der Waals surface area contributed by atoms with Crippen LogP contribution in [0.4, 0.5) is 132 Å². The highest BCUT2D eigenvalue weighted by Crippen LogP contribution is 2.26. The van der Waals surface area contributed by atoms with Crippen LogP contribution in [0.5, 0.6) is 0 Å². The van der Waals surface area contributed by atoms with E-state index in [1.54, 1.807) is 4.91 Å². The predicted octanol–water partition coefficient (Wildman–Crippen LogP) is 9.45. The lowest BCUT2D eigenvalue weighted by Gasteiger charge is -2.20. The van der Waals surface area contributed by atoms with Gasteiger partial charge in [-0.05, 0) is 37.0 Å². The molecule has 35 heteroatoms. The largest absolute Gasteiger partial charge is 0.413 e. The van der Waals surface area contributed by atoms with E-state index in [9.17, 15) is 132 Å². The summed E-state index contributed by atoms with van der Waals surface area (Å²) in [6, 6.07) is 0. The Labute approximate surface area is 376 Å². The van der Waals surface area contributed by atoms with Crippen LogP contribution < -0.4 is 26.6 Å². The van der Waals surface area contributed by atoms with Crippen LogP contribution in [0.3, 0.4) is 0 Å². The molecule has 0 unspecified atom stereocenters. The maximum absolute atomic E-state index is 14.4. The molecule has 0 saturated carbocycles. The number of hydrogen-bond acceptors (Lipinski definition) is 1. The number of rotatable bonds is 6. The van der Waals surface area contributed by atoms with Crippen molar-refractivity contribution in [1.29, 1.82) is 5.53 Å². The third kappa shape index (κ3) is 9.24. The summed E-state index contributed by atoms with van der Waals surface area (Å²) in [5.74, 6) is -89.2. The summed E-state index contributed by atoms with van der Waals surface area (Å²) in [7, 11) is 0. The van der Waals surface area contributed by atoms with E-state index in [2.05, 4.69) is 0 Å². The first-order chi connectivity index (χ1) is 32.7. The van der Waals surface area contributed by atoms with Gasteiger partial charge in [0.05, 0.1) is 0 Å². The second-order valence-electron chi connectivity index (χ2n) is 12.9. The molecular weight excluding hydrogens is 1100 g/mol. The SMILES string of the molecule is Fc1c(F)c(F)[c]([Al]([c]2c(F)c(F)c(F)c(F)c2F)[c]2c(F)c(F)c(F)c(F)c2F)c(F)c1F.Fc1c(F)c(F)[c]([Al]([c]2c(F)c(F)c(F)c(F)c2F)[c]2c(F)c(F)c(F)c(F)c2F)c(F)c1F.[N-]=[N+]=N. The van der Waals surface area contributed by atoms with Crippen LogP contribution in [0.1, 0.15) is 0 Å². The quantitative estimate of drug-likeness (QED) is 0.0329. The van der Waals surface area contributed by atoms with Crippen molar-refractivity contribution in [1.82, 2.24) is 0 Å². The lowest BCUT2D eigenvalue weighted by molar-refractivity contribution is 0.380. The highest BCUT2D eigenvalue weighted by atomic mass is 27.2. The van der Waals surface area contributed by atoms with Gasteiger partial charge in [-0.2, -0.15) is 0 Å². The van der Waals surface area contributed by atoms with Gasteiger partial charge in [0.2, 0.25) is 0 Å². The summed E-state index contributed by atoms with van der Waals surface area (Å²) < 4.78 is 403. The van der Waals surface area contributed by atoms with Crippen LogP contribution in [-0.4, -0.2) is 28.3 Å². The highest BCUT2D eigenvalue weighted by Gasteiger charge is 2.49. The fourth-order valence-corrected chi connectivity index (χ4v) is 12.4. The number of halogens is 30. The van der Waals surface area contributed by atoms with Gasteiger partial charge in [-0.1, -0.05) is 0 Å². The maximum Gasteiger partial charge on any atom is 0.413 e. The third-order valence-corrected chi connectivity index (χ3v) is 15.7. The Morgan fingerprint density at radius 1 is 0.183 bits per heavy atom. The average Bonchev–Trinajstić information content (AvgIpc) is 3.34. The number of hydrogen-bond donors (Lipinski definition) is 1. The molecule has 6 rings (SSSR count). The smallest absolute Gasteiger partial charge is 0.205 e. The zero-order valence-electron chi connectivity index (χ0n) is 31.9. The summed E-state index contributed by atoms with van der Waals surface area (Å²) >= 11 is -11.9. The summed E-state index contributed by atoms with van der Waals surface area (Å²) in [6.07, 6.45) is 0. The first-order valence-corrected chi connectivity index (χ1v) is 20.3. The lowest BCUT2D eigenvalue weighted by atomic mass is 10.3. The Balaban J connectivity index is 0.000000292. The van der Waals surface area contributed by atoms with Crippen LogP contribution in [0.15, 0.2) is 0 Å². The second kappa shape index (κ2) is 21.1. The van der Waals surface area contributed by atoms with Crippen molar-refractivity contribution in [2.24, 2.45) is 0 Å². The van der Waals surface area contributed by atoms with Gasteiger partial charge in [-0.25, -0.2) is 132 Å². The zero-order valence-corrected chi connectivity index (χ0v) is 34.2. The normalized spacial score (nSPS) is 11.0. The van der Waals surface area contributed by atoms with Crippen molar-refractivity contribution in [2.75, 3.05) is 0 Å². The molecule has 376 valence electrons. The van der Waals surface area contributed by atoms with Crippen molar-refractivity contribution >= 4 is 54.8 Å². The molecule has 71 heavy (non-hydrogen) atoms. The van der Waals surface area contributed by atoms with Gasteiger partial charge in [0, 0.05) is 0 Å². The van der Waals surface area contributed by atoms with Crippen LogP contribution in [0.25, 0.3) is 10.4 Å². The van der Waals surface area contributed by atoms with Gasteiger partial charge in [0.25, 0.3) is 0 Å². The molecule has 3 nitrogen and oxygen atoms in total. The van der Waals surface area contributed by atoms with Gasteiger partial charge < -0.3 is 0 Å². The molecule has 0 atom stereocenters. The van der Waals surface area contributed by atoms with E-state index < -0.39 is 229 Å². The standard InChI is InChI=1S/6C6F5.2Al.HN3/c6*7-2-1-3(8)5(10)6(11)4(2)9;;;1-3-2/h;;;;;;;;1H. The van der Waals surface area contributed by atoms with E-state index in [1.807, 2.05) is 0 Å². The molecule has 0 amide bonds. The third-order valence-electron chi connectivity index (χ3n) is 9.19. The number of benzene rings is 6. The minimum Gasteiger partial charge on any atom is -0.205 e. The molecule has 0 radical (unpaired) electrons. The molecule has 0 aliphatic rings. The van der Waals surface area contributed by atoms with Crippen molar-refractivity contribution in [2.45, 2.75) is 0 Å². The lowest BCUT2D eigenvalue weighted by Crippen LogP contribution is -2.60. The van der Waals surface area contributed by atoms with E-state index in [1.165, 1.54) is 0 Å². The molecule has 0 spiro atoms. The molecule has 0 fully saturated rings. The molecule has 0 aliphatic heterocycles. The first-order valence-electron chi connectivity index (χ1n) is 16.8. The molecule has 0 bridgehead atoms. The zero-order chi connectivity index (χ0) is 54.6. The molecule has 1 N–H and O–H groups in total. The number of nitrogens with one attached hydrogen (secondary N) is 1. The molecular formula is C36HAl2F30N3. The Morgan fingerprint density at radius 3 is 0.310 bits per heavy atom. The van der Waals surface area contributed by atoms with E-state index in [4.69, 9.17) is 11.1 Å². The fourth-order valence-electron chi connectivity index (χ4n) is 6.12. The second-order valence-corrected chi connectivity index (χ2v) is 18.1. The number of nitrogens with zero attached hydrogens (tertiary/aromatic N) is 2. The van der Waals surface area contributed by atoms with Crippen LogP contribution in [0.2, 0.25) is 0 Å². The first kappa shape index (κ1) is 57.2. The van der Waals surface area contributed by atoms with Crippen molar-refractivity contribution < 1.29 is 132 Å². The van der Waals surface area contributed by atoms with E-state index in [0.29, 0.717) is 0 Å². The molecule has 0 aromatic heterocycles. The Kier molecular flexibility index (Phi) is 17.0. The van der Waals surface area contributed by atoms with Crippen LogP contribution in [-0.2, 0) is 0 Å². The van der Waals surface area contributed by atoms with Gasteiger partial charge in [0.1, 0.15) is 0 Å². The van der Waals surface area contributed by atoms with Crippen molar-refractivity contribution in [3.63, 3.8) is 0 Å². The maximum atomic E-state index is 14.4. The van der Waals surface area contributed by atoms with Crippen LogP contribution in [0, 0.1) is 180 Å². The van der Waals surface area contributed by atoms with Crippen LogP contribution >= 0.6 is 0 Å². The topological polar surface area (TPSA) is 60.3 Å². The van der Waals surface area contributed by atoms with Gasteiger partial charge in [-0.3, -0.25) is 0 Å². The molecule has 6 aromatic rings. The van der Waals surface area contributed by atoms with E-state index >= 15 is 0 Å². The average molecular weight is 1100 g/mol. The van der Waals surface area contributed by atoms with Crippen molar-refractivity contribution in [3.8, 4) is 0 Å². The fraction of sp³-hybridized carbons (Fsp3) is 0. The summed E-state index contributed by atoms with van der Waals surface area (Å²) in [5, 5.41) is 0. The van der Waals surface area contributed by atoms with E-state index in [0.717, 1.165) is 0 Å². The molecule has 6 aromatic carbocycles.